The van der Waals surface area contributed by atoms with Crippen LogP contribution in [0.5, 0.6) is 0 Å². The van der Waals surface area contributed by atoms with Crippen LogP contribution in [0.25, 0.3) is 0 Å². The summed E-state index contributed by atoms with van der Waals surface area (Å²) in [7, 11) is 0. The molecule has 0 radical (unpaired) electrons. The monoisotopic (exact) mass is 203 g/mol. The van der Waals surface area contributed by atoms with E-state index in [1.807, 2.05) is 12.1 Å². The van der Waals surface area contributed by atoms with E-state index in [1.165, 1.54) is 18.5 Å². The lowest BCUT2D eigenvalue weighted by atomic mass is 10.2. The Kier molecular flexibility index (Phi) is 2.06. The van der Waals surface area contributed by atoms with E-state index in [0.717, 1.165) is 18.8 Å². The molecule has 1 aromatic carbocycles. The van der Waals surface area contributed by atoms with E-state index in [1.54, 1.807) is 0 Å². The second kappa shape index (κ2) is 3.42. The molecule has 0 saturated carbocycles. The van der Waals surface area contributed by atoms with Gasteiger partial charge in [0.2, 0.25) is 0 Å². The third-order valence-electron chi connectivity index (χ3n) is 3.47. The molecule has 2 aliphatic rings. The highest BCUT2D eigenvalue weighted by atomic mass is 15.2. The number of nitrogen functional groups attached to an aromatic ring is 1. The quantitative estimate of drug-likeness (QED) is 0.674. The zero-order valence-electron chi connectivity index (χ0n) is 8.82. The van der Waals surface area contributed by atoms with Crippen LogP contribution in [0.2, 0.25) is 0 Å². The summed E-state index contributed by atoms with van der Waals surface area (Å²) in [5.74, 6) is 0. The Morgan fingerprint density at radius 2 is 1.67 bits per heavy atom. The minimum absolute atomic E-state index is 0.696. The maximum atomic E-state index is 5.69. The van der Waals surface area contributed by atoms with Crippen molar-refractivity contribution < 1.29 is 0 Å². The van der Waals surface area contributed by atoms with Gasteiger partial charge in [-0.1, -0.05) is 0 Å². The van der Waals surface area contributed by atoms with Crippen LogP contribution >= 0.6 is 0 Å². The number of nitrogens with one attached hydrogen (secondary N) is 1. The molecule has 0 aliphatic carbocycles. The maximum absolute atomic E-state index is 5.69. The van der Waals surface area contributed by atoms with Crippen molar-refractivity contribution in [2.75, 3.05) is 23.7 Å². The summed E-state index contributed by atoms with van der Waals surface area (Å²) in [5.41, 5.74) is 7.84. The molecule has 1 aromatic rings. The lowest BCUT2D eigenvalue weighted by Gasteiger charge is -2.34. The molecule has 0 amide bonds. The van der Waals surface area contributed by atoms with Gasteiger partial charge in [-0.15, -0.1) is 0 Å². The van der Waals surface area contributed by atoms with Gasteiger partial charge in [-0.3, -0.25) is 0 Å². The normalized spacial score (nSPS) is 29.5. The Morgan fingerprint density at radius 1 is 1.07 bits per heavy atom. The zero-order valence-corrected chi connectivity index (χ0v) is 8.82. The molecule has 2 unspecified atom stereocenters. The third-order valence-corrected chi connectivity index (χ3v) is 3.47. The fourth-order valence-corrected chi connectivity index (χ4v) is 2.69. The smallest absolute Gasteiger partial charge is 0.0368 e. The first kappa shape index (κ1) is 9.04. The van der Waals surface area contributed by atoms with Gasteiger partial charge in [0, 0.05) is 36.5 Å². The molecule has 3 heteroatoms. The average molecular weight is 203 g/mol. The zero-order chi connectivity index (χ0) is 10.3. The molecular weight excluding hydrogens is 186 g/mol. The van der Waals surface area contributed by atoms with Crippen LogP contribution in [0.1, 0.15) is 12.8 Å². The molecule has 3 N–H and O–H groups in total. The van der Waals surface area contributed by atoms with Crippen molar-refractivity contribution in [3.63, 3.8) is 0 Å². The lowest BCUT2D eigenvalue weighted by Crippen LogP contribution is -2.51. The van der Waals surface area contributed by atoms with Crippen molar-refractivity contribution in [3.8, 4) is 0 Å². The molecule has 3 nitrogen and oxygen atoms in total. The van der Waals surface area contributed by atoms with Crippen molar-refractivity contribution in [2.24, 2.45) is 0 Å². The van der Waals surface area contributed by atoms with Crippen LogP contribution < -0.4 is 16.0 Å². The van der Waals surface area contributed by atoms with Gasteiger partial charge in [-0.25, -0.2) is 0 Å². The molecule has 0 spiro atoms. The molecule has 2 heterocycles. The lowest BCUT2D eigenvalue weighted by molar-refractivity contribution is 0.466. The van der Waals surface area contributed by atoms with Crippen LogP contribution in [0.4, 0.5) is 11.4 Å². The number of benzene rings is 1. The fourth-order valence-electron chi connectivity index (χ4n) is 2.69. The number of piperazine rings is 1. The summed E-state index contributed by atoms with van der Waals surface area (Å²) >= 11 is 0. The predicted octanol–water partition coefficient (Wildman–Crippen LogP) is 1.21. The molecule has 2 atom stereocenters. The Hall–Kier alpha value is -1.22. The Bertz CT molecular complexity index is 334. The van der Waals surface area contributed by atoms with E-state index in [0.29, 0.717) is 12.1 Å². The van der Waals surface area contributed by atoms with E-state index < -0.39 is 0 Å². The second-order valence-electron chi connectivity index (χ2n) is 4.63. The molecule has 15 heavy (non-hydrogen) atoms. The highest BCUT2D eigenvalue weighted by molar-refractivity contribution is 5.53. The predicted molar refractivity (Wildman–Crippen MR) is 63.0 cm³/mol. The number of nitrogens with two attached hydrogens (primary N) is 1. The molecule has 0 aromatic heterocycles. The van der Waals surface area contributed by atoms with Crippen molar-refractivity contribution in [2.45, 2.75) is 24.9 Å². The molecule has 2 saturated heterocycles. The summed E-state index contributed by atoms with van der Waals surface area (Å²) in [5, 5.41) is 3.64. The van der Waals surface area contributed by atoms with Crippen LogP contribution in [0.3, 0.4) is 0 Å². The van der Waals surface area contributed by atoms with E-state index in [9.17, 15) is 0 Å². The van der Waals surface area contributed by atoms with Gasteiger partial charge < -0.3 is 16.0 Å². The van der Waals surface area contributed by atoms with Gasteiger partial charge in [-0.2, -0.15) is 0 Å². The number of rotatable bonds is 1. The highest BCUT2D eigenvalue weighted by Gasteiger charge is 2.31. The fraction of sp³-hybridized carbons (Fsp3) is 0.500. The summed E-state index contributed by atoms with van der Waals surface area (Å²) in [6.07, 6.45) is 2.66. The maximum Gasteiger partial charge on any atom is 0.0368 e. The van der Waals surface area contributed by atoms with Gasteiger partial charge in [0.15, 0.2) is 0 Å². The van der Waals surface area contributed by atoms with Crippen molar-refractivity contribution >= 4 is 11.4 Å². The Morgan fingerprint density at radius 3 is 2.27 bits per heavy atom. The molecule has 80 valence electrons. The largest absolute Gasteiger partial charge is 0.399 e. The van der Waals surface area contributed by atoms with Crippen LogP contribution in [0.15, 0.2) is 24.3 Å². The topological polar surface area (TPSA) is 41.3 Å². The third kappa shape index (κ3) is 1.67. The SMILES string of the molecule is Nc1ccc(N2CC3CCC(C2)N3)cc1. The molecule has 2 fully saturated rings. The minimum atomic E-state index is 0.696. The summed E-state index contributed by atoms with van der Waals surface area (Å²) < 4.78 is 0. The number of hydrogen-bond donors (Lipinski definition) is 2. The second-order valence-corrected chi connectivity index (χ2v) is 4.63. The van der Waals surface area contributed by atoms with Crippen molar-refractivity contribution in [3.05, 3.63) is 24.3 Å². The molecule has 2 bridgehead atoms. The summed E-state index contributed by atoms with van der Waals surface area (Å²) in [6, 6.07) is 9.61. The van der Waals surface area contributed by atoms with Gasteiger partial charge in [-0.05, 0) is 37.1 Å². The summed E-state index contributed by atoms with van der Waals surface area (Å²) in [6.45, 7) is 2.28. The van der Waals surface area contributed by atoms with E-state index in [4.69, 9.17) is 5.73 Å². The highest BCUT2D eigenvalue weighted by Crippen LogP contribution is 2.25. The van der Waals surface area contributed by atoms with Crippen LogP contribution in [0, 0.1) is 0 Å². The van der Waals surface area contributed by atoms with Gasteiger partial charge in [0.25, 0.3) is 0 Å². The Labute approximate surface area is 90.3 Å². The summed E-state index contributed by atoms with van der Waals surface area (Å²) in [4.78, 5) is 2.47. The number of fused-ring (bicyclic) bond motifs is 2. The number of hydrogen-bond acceptors (Lipinski definition) is 3. The number of anilines is 2. The molecule has 3 rings (SSSR count). The van der Waals surface area contributed by atoms with E-state index in [-0.39, 0.29) is 0 Å². The Balaban J connectivity index is 1.80. The van der Waals surface area contributed by atoms with Gasteiger partial charge >= 0.3 is 0 Å². The average Bonchev–Trinajstić information content (AvgIpc) is 2.59. The number of nitrogens with zero attached hydrogens (tertiary/aromatic N) is 1. The van der Waals surface area contributed by atoms with Crippen molar-refractivity contribution in [1.29, 1.82) is 0 Å². The van der Waals surface area contributed by atoms with Crippen molar-refractivity contribution in [1.82, 2.24) is 5.32 Å². The van der Waals surface area contributed by atoms with E-state index in [2.05, 4.69) is 22.3 Å². The van der Waals surface area contributed by atoms with Crippen LogP contribution in [-0.2, 0) is 0 Å². The van der Waals surface area contributed by atoms with Gasteiger partial charge in [0.05, 0.1) is 0 Å². The molecule has 2 aliphatic heterocycles. The molecular formula is C12H17N3. The van der Waals surface area contributed by atoms with E-state index >= 15 is 0 Å². The van der Waals surface area contributed by atoms with Gasteiger partial charge in [0.1, 0.15) is 0 Å². The van der Waals surface area contributed by atoms with Crippen LogP contribution in [-0.4, -0.2) is 25.2 Å². The minimum Gasteiger partial charge on any atom is -0.399 e. The first-order valence-electron chi connectivity index (χ1n) is 5.68. The first-order chi connectivity index (χ1) is 7.31. The first-order valence-corrected chi connectivity index (χ1v) is 5.68. The standard InChI is InChI=1S/C12H17N3/c13-9-1-5-12(6-2-9)15-7-10-3-4-11(8-15)14-10/h1-2,5-6,10-11,14H,3-4,7-8,13H2.